The van der Waals surface area contributed by atoms with Gasteiger partial charge in [-0.3, -0.25) is 9.59 Å². The Bertz CT molecular complexity index is 789. The van der Waals surface area contributed by atoms with E-state index in [0.717, 1.165) is 11.3 Å². The van der Waals surface area contributed by atoms with Crippen molar-refractivity contribution in [2.24, 2.45) is 0 Å². The third-order valence-corrected chi connectivity index (χ3v) is 4.14. The Morgan fingerprint density at radius 2 is 1.92 bits per heavy atom. The maximum atomic E-state index is 12.4. The van der Waals surface area contributed by atoms with Gasteiger partial charge in [0.15, 0.2) is 6.10 Å². The van der Waals surface area contributed by atoms with Crippen LogP contribution in [0.4, 0.5) is 5.69 Å². The summed E-state index contributed by atoms with van der Waals surface area (Å²) in [7, 11) is 0. The molecule has 1 atom stereocenters. The predicted molar refractivity (Wildman–Crippen MR) is 98.6 cm³/mol. The number of amides is 2. The summed E-state index contributed by atoms with van der Waals surface area (Å²) in [5.74, 6) is 0.903. The van der Waals surface area contributed by atoms with Gasteiger partial charge in [0.25, 0.3) is 5.91 Å². The number of fused-ring (bicyclic) bond motifs is 1. The van der Waals surface area contributed by atoms with Gasteiger partial charge in [0.1, 0.15) is 18.1 Å². The molecule has 26 heavy (non-hydrogen) atoms. The van der Waals surface area contributed by atoms with Crippen LogP contribution in [-0.4, -0.2) is 37.6 Å². The Morgan fingerprint density at radius 3 is 2.65 bits per heavy atom. The lowest BCUT2D eigenvalue weighted by atomic mass is 10.1. The van der Waals surface area contributed by atoms with Gasteiger partial charge in [0, 0.05) is 6.92 Å². The second-order valence-corrected chi connectivity index (χ2v) is 6.16. The van der Waals surface area contributed by atoms with Crippen LogP contribution in [0.1, 0.15) is 12.5 Å². The van der Waals surface area contributed by atoms with Crippen LogP contribution >= 0.6 is 0 Å². The van der Waals surface area contributed by atoms with Crippen molar-refractivity contribution < 1.29 is 19.1 Å². The third-order valence-electron chi connectivity index (χ3n) is 4.14. The van der Waals surface area contributed by atoms with Gasteiger partial charge < -0.3 is 19.7 Å². The standard InChI is InChI=1S/C20H22N2O4/c1-14-7-9-16(10-8-14)25-12-11-21-20(24)19-13-22(15(2)23)17-5-3-4-6-18(17)26-19/h3-10,19H,11-13H2,1-2H3,(H,21,24)/t19-/m1/s1. The maximum Gasteiger partial charge on any atom is 0.263 e. The summed E-state index contributed by atoms with van der Waals surface area (Å²) in [6.07, 6.45) is -0.742. The van der Waals surface area contributed by atoms with E-state index >= 15 is 0 Å². The first-order chi connectivity index (χ1) is 12.5. The molecular weight excluding hydrogens is 332 g/mol. The summed E-state index contributed by atoms with van der Waals surface area (Å²) in [5.41, 5.74) is 1.85. The van der Waals surface area contributed by atoms with E-state index in [9.17, 15) is 9.59 Å². The zero-order valence-electron chi connectivity index (χ0n) is 14.9. The number of benzene rings is 2. The highest BCUT2D eigenvalue weighted by atomic mass is 16.5. The van der Waals surface area contributed by atoms with Crippen molar-refractivity contribution in [2.75, 3.05) is 24.6 Å². The molecule has 0 saturated carbocycles. The minimum absolute atomic E-state index is 0.124. The number of aryl methyl sites for hydroxylation is 1. The highest BCUT2D eigenvalue weighted by Crippen LogP contribution is 2.33. The zero-order chi connectivity index (χ0) is 18.5. The lowest BCUT2D eigenvalue weighted by Gasteiger charge is -2.33. The number of hydrogen-bond donors (Lipinski definition) is 1. The van der Waals surface area contributed by atoms with Crippen LogP contribution in [0.15, 0.2) is 48.5 Å². The van der Waals surface area contributed by atoms with Crippen LogP contribution in [0.5, 0.6) is 11.5 Å². The fraction of sp³-hybridized carbons (Fsp3) is 0.300. The Labute approximate surface area is 152 Å². The number of nitrogens with one attached hydrogen (secondary N) is 1. The lowest BCUT2D eigenvalue weighted by Crippen LogP contribution is -2.50. The highest BCUT2D eigenvalue weighted by molar-refractivity contribution is 5.95. The number of anilines is 1. The maximum absolute atomic E-state index is 12.4. The van der Waals surface area contributed by atoms with Crippen molar-refractivity contribution in [2.45, 2.75) is 20.0 Å². The smallest absolute Gasteiger partial charge is 0.263 e. The number of carbonyl (C=O) groups excluding carboxylic acids is 2. The number of para-hydroxylation sites is 2. The van der Waals surface area contributed by atoms with Crippen LogP contribution in [0.2, 0.25) is 0 Å². The summed E-state index contributed by atoms with van der Waals surface area (Å²) in [4.78, 5) is 25.9. The van der Waals surface area contributed by atoms with Crippen molar-refractivity contribution in [3.05, 3.63) is 54.1 Å². The minimum atomic E-state index is -0.742. The minimum Gasteiger partial charge on any atom is -0.492 e. The fourth-order valence-electron chi connectivity index (χ4n) is 2.76. The first-order valence-corrected chi connectivity index (χ1v) is 8.55. The topological polar surface area (TPSA) is 67.9 Å². The van der Waals surface area contributed by atoms with E-state index in [1.807, 2.05) is 43.3 Å². The van der Waals surface area contributed by atoms with E-state index in [1.165, 1.54) is 6.92 Å². The molecule has 1 N–H and O–H groups in total. The van der Waals surface area contributed by atoms with Gasteiger partial charge in [-0.25, -0.2) is 0 Å². The fourth-order valence-corrected chi connectivity index (χ4v) is 2.76. The first kappa shape index (κ1) is 17.8. The molecule has 2 aromatic rings. The van der Waals surface area contributed by atoms with Gasteiger partial charge in [0.2, 0.25) is 5.91 Å². The molecule has 0 radical (unpaired) electrons. The molecule has 0 unspecified atom stereocenters. The SMILES string of the molecule is CC(=O)N1C[C@H](C(=O)NCCOc2ccc(C)cc2)Oc2ccccc21. The number of ether oxygens (including phenoxy) is 2. The van der Waals surface area contributed by atoms with Crippen molar-refractivity contribution in [1.82, 2.24) is 5.32 Å². The molecule has 1 heterocycles. The van der Waals surface area contributed by atoms with Crippen LogP contribution in [-0.2, 0) is 9.59 Å². The summed E-state index contributed by atoms with van der Waals surface area (Å²) < 4.78 is 11.4. The molecule has 1 aliphatic heterocycles. The molecule has 0 fully saturated rings. The zero-order valence-corrected chi connectivity index (χ0v) is 14.9. The van der Waals surface area contributed by atoms with Crippen molar-refractivity contribution in [3.63, 3.8) is 0 Å². The Morgan fingerprint density at radius 1 is 1.19 bits per heavy atom. The largest absolute Gasteiger partial charge is 0.492 e. The van der Waals surface area contributed by atoms with Crippen molar-refractivity contribution in [3.8, 4) is 11.5 Å². The van der Waals surface area contributed by atoms with E-state index < -0.39 is 6.10 Å². The van der Waals surface area contributed by atoms with E-state index in [1.54, 1.807) is 17.0 Å². The molecule has 0 aromatic heterocycles. The summed E-state index contributed by atoms with van der Waals surface area (Å²) in [6, 6.07) is 14.9. The molecule has 0 bridgehead atoms. The molecule has 0 saturated heterocycles. The van der Waals surface area contributed by atoms with Gasteiger partial charge in [-0.1, -0.05) is 29.8 Å². The molecule has 0 spiro atoms. The predicted octanol–water partition coefficient (Wildman–Crippen LogP) is 2.30. The van der Waals surface area contributed by atoms with Crippen LogP contribution in [0.25, 0.3) is 0 Å². The molecule has 0 aliphatic carbocycles. The van der Waals surface area contributed by atoms with Gasteiger partial charge in [-0.15, -0.1) is 0 Å². The summed E-state index contributed by atoms with van der Waals surface area (Å²) in [5, 5.41) is 2.80. The van der Waals surface area contributed by atoms with Crippen LogP contribution in [0, 0.1) is 6.92 Å². The molecule has 6 heteroatoms. The van der Waals surface area contributed by atoms with E-state index in [0.29, 0.717) is 24.6 Å². The number of hydrogen-bond acceptors (Lipinski definition) is 4. The molecular formula is C20H22N2O4. The number of carbonyl (C=O) groups is 2. The Kier molecular flexibility index (Phi) is 5.41. The highest BCUT2D eigenvalue weighted by Gasteiger charge is 2.32. The van der Waals surface area contributed by atoms with Gasteiger partial charge in [0.05, 0.1) is 18.8 Å². The number of nitrogens with zero attached hydrogens (tertiary/aromatic N) is 1. The molecule has 1 aliphatic rings. The Balaban J connectivity index is 1.53. The van der Waals surface area contributed by atoms with E-state index in [4.69, 9.17) is 9.47 Å². The molecule has 136 valence electrons. The molecule has 3 rings (SSSR count). The lowest BCUT2D eigenvalue weighted by molar-refractivity contribution is -0.128. The Hall–Kier alpha value is -3.02. The molecule has 6 nitrogen and oxygen atoms in total. The van der Waals surface area contributed by atoms with Crippen LogP contribution < -0.4 is 19.7 Å². The quantitative estimate of drug-likeness (QED) is 0.837. The summed E-state index contributed by atoms with van der Waals surface area (Å²) in [6.45, 7) is 4.39. The second-order valence-electron chi connectivity index (χ2n) is 6.16. The van der Waals surface area contributed by atoms with Crippen molar-refractivity contribution in [1.29, 1.82) is 0 Å². The van der Waals surface area contributed by atoms with Crippen molar-refractivity contribution >= 4 is 17.5 Å². The van der Waals surface area contributed by atoms with E-state index in [-0.39, 0.29) is 18.4 Å². The van der Waals surface area contributed by atoms with Gasteiger partial charge >= 0.3 is 0 Å². The van der Waals surface area contributed by atoms with E-state index in [2.05, 4.69) is 5.32 Å². The monoisotopic (exact) mass is 354 g/mol. The average Bonchev–Trinajstić information content (AvgIpc) is 2.65. The van der Waals surface area contributed by atoms with Gasteiger partial charge in [-0.05, 0) is 31.2 Å². The number of rotatable bonds is 5. The average molecular weight is 354 g/mol. The van der Waals surface area contributed by atoms with Gasteiger partial charge in [-0.2, -0.15) is 0 Å². The first-order valence-electron chi connectivity index (χ1n) is 8.55. The summed E-state index contributed by atoms with van der Waals surface area (Å²) >= 11 is 0. The second kappa shape index (κ2) is 7.91. The molecule has 2 aromatic carbocycles. The third kappa shape index (κ3) is 4.14. The van der Waals surface area contributed by atoms with Crippen LogP contribution in [0.3, 0.4) is 0 Å². The molecule has 2 amide bonds. The normalized spacial score (nSPS) is 15.6.